The fourth-order valence-electron chi connectivity index (χ4n) is 4.28. The van der Waals surface area contributed by atoms with Crippen LogP contribution in [0.3, 0.4) is 0 Å². The van der Waals surface area contributed by atoms with Gasteiger partial charge in [0.15, 0.2) is 0 Å². The number of rotatable bonds is 7. The van der Waals surface area contributed by atoms with Crippen LogP contribution in [-0.2, 0) is 9.53 Å². The van der Waals surface area contributed by atoms with Crippen LogP contribution < -0.4 is 10.6 Å². The first kappa shape index (κ1) is 24.5. The molecule has 0 fully saturated rings. The number of aliphatic carboxylic acids is 1. The first-order valence-corrected chi connectivity index (χ1v) is 12.0. The Morgan fingerprint density at radius 1 is 0.971 bits per heavy atom. The van der Waals surface area contributed by atoms with Gasteiger partial charge in [0.05, 0.1) is 0 Å². The number of amides is 2. The third-order valence-corrected chi connectivity index (χ3v) is 6.43. The number of halogens is 1. The van der Waals surface area contributed by atoms with E-state index in [1.54, 1.807) is 26.0 Å². The molecule has 0 saturated heterocycles. The molecular formula is C27H25BrN2O5. The van der Waals surface area contributed by atoms with Gasteiger partial charge in [-0.05, 0) is 46.4 Å². The SMILES string of the molecule is CC(C)C(NC(=O)c1cc(Br)cc(NC(=O)OCC2c3ccccc3-c3ccccc32)c1)C(=O)O. The van der Waals surface area contributed by atoms with Gasteiger partial charge in [0, 0.05) is 21.6 Å². The molecule has 3 aromatic carbocycles. The quantitative estimate of drug-likeness (QED) is 0.362. The summed E-state index contributed by atoms with van der Waals surface area (Å²) in [7, 11) is 0. The number of anilines is 1. The highest BCUT2D eigenvalue weighted by molar-refractivity contribution is 9.10. The second-order valence-corrected chi connectivity index (χ2v) is 9.63. The molecule has 35 heavy (non-hydrogen) atoms. The lowest BCUT2D eigenvalue weighted by Crippen LogP contribution is -2.44. The molecule has 0 spiro atoms. The molecule has 0 aliphatic heterocycles. The normalized spacial score (nSPS) is 13.0. The topological polar surface area (TPSA) is 105 Å². The molecule has 3 N–H and O–H groups in total. The predicted octanol–water partition coefficient (Wildman–Crippen LogP) is 5.65. The molecule has 4 rings (SSSR count). The zero-order chi connectivity index (χ0) is 25.1. The standard InChI is InChI=1S/C27H25BrN2O5/c1-15(2)24(26(32)33)30-25(31)16-11-17(28)13-18(12-16)29-27(34)35-14-23-21-9-5-3-7-19(21)20-8-4-6-10-22(20)23/h3-13,15,23-24H,14H2,1-2H3,(H,29,34)(H,30,31)(H,32,33). The molecule has 0 aromatic heterocycles. The fraction of sp³-hybridized carbons (Fsp3) is 0.222. The summed E-state index contributed by atoms with van der Waals surface area (Å²) in [5, 5.41) is 14.5. The van der Waals surface area contributed by atoms with Gasteiger partial charge in [0.1, 0.15) is 12.6 Å². The van der Waals surface area contributed by atoms with Crippen molar-refractivity contribution in [2.45, 2.75) is 25.8 Å². The second kappa shape index (κ2) is 10.3. The summed E-state index contributed by atoms with van der Waals surface area (Å²) < 4.78 is 6.12. The Balaban J connectivity index is 1.44. The summed E-state index contributed by atoms with van der Waals surface area (Å²) in [5.74, 6) is -2.02. The van der Waals surface area contributed by atoms with Crippen LogP contribution >= 0.6 is 15.9 Å². The van der Waals surface area contributed by atoms with Crippen LogP contribution in [0.2, 0.25) is 0 Å². The van der Waals surface area contributed by atoms with Gasteiger partial charge in [-0.25, -0.2) is 9.59 Å². The van der Waals surface area contributed by atoms with Crippen molar-refractivity contribution in [1.29, 1.82) is 0 Å². The van der Waals surface area contributed by atoms with Crippen LogP contribution in [0.15, 0.2) is 71.2 Å². The lowest BCUT2D eigenvalue weighted by Gasteiger charge is -2.18. The van der Waals surface area contributed by atoms with Crippen LogP contribution in [0, 0.1) is 5.92 Å². The van der Waals surface area contributed by atoms with Crippen LogP contribution in [0.1, 0.15) is 41.3 Å². The van der Waals surface area contributed by atoms with Crippen LogP contribution in [-0.4, -0.2) is 35.7 Å². The van der Waals surface area contributed by atoms with Crippen molar-refractivity contribution in [1.82, 2.24) is 5.32 Å². The average molecular weight is 537 g/mol. The molecule has 1 aliphatic carbocycles. The zero-order valence-corrected chi connectivity index (χ0v) is 20.8. The number of carboxylic acids is 1. The van der Waals surface area contributed by atoms with E-state index in [0.29, 0.717) is 10.2 Å². The van der Waals surface area contributed by atoms with E-state index in [1.807, 2.05) is 36.4 Å². The minimum absolute atomic E-state index is 0.0685. The van der Waals surface area contributed by atoms with Crippen molar-refractivity contribution in [2.75, 3.05) is 11.9 Å². The lowest BCUT2D eigenvalue weighted by atomic mass is 9.98. The monoisotopic (exact) mass is 536 g/mol. The third kappa shape index (κ3) is 5.38. The number of carbonyl (C=O) groups excluding carboxylic acids is 2. The van der Waals surface area contributed by atoms with Crippen LogP contribution in [0.5, 0.6) is 0 Å². The van der Waals surface area contributed by atoms with E-state index in [4.69, 9.17) is 4.74 Å². The number of carbonyl (C=O) groups is 3. The Labute approximate surface area is 211 Å². The molecule has 180 valence electrons. The smallest absolute Gasteiger partial charge is 0.411 e. The molecule has 0 heterocycles. The third-order valence-electron chi connectivity index (χ3n) is 5.97. The largest absolute Gasteiger partial charge is 0.480 e. The summed E-state index contributed by atoms with van der Waals surface area (Å²) in [6, 6.07) is 19.8. The Morgan fingerprint density at radius 3 is 2.14 bits per heavy atom. The molecule has 1 aliphatic rings. The first-order valence-electron chi connectivity index (χ1n) is 11.2. The second-order valence-electron chi connectivity index (χ2n) is 8.71. The maximum Gasteiger partial charge on any atom is 0.411 e. The maximum absolute atomic E-state index is 12.6. The minimum Gasteiger partial charge on any atom is -0.480 e. The van der Waals surface area contributed by atoms with Crippen molar-refractivity contribution in [2.24, 2.45) is 5.92 Å². The number of nitrogens with one attached hydrogen (secondary N) is 2. The van der Waals surface area contributed by atoms with Gasteiger partial charge in [-0.1, -0.05) is 78.3 Å². The van der Waals surface area contributed by atoms with E-state index < -0.39 is 24.0 Å². The molecule has 0 saturated carbocycles. The van der Waals surface area contributed by atoms with Gasteiger partial charge in [-0.3, -0.25) is 10.1 Å². The Morgan fingerprint density at radius 2 is 1.57 bits per heavy atom. The number of carboxylic acid groups (broad SMARTS) is 1. The van der Waals surface area contributed by atoms with Gasteiger partial charge in [0.25, 0.3) is 5.91 Å². The molecule has 2 amide bonds. The summed E-state index contributed by atoms with van der Waals surface area (Å²) in [6.45, 7) is 3.59. The highest BCUT2D eigenvalue weighted by Gasteiger charge is 2.29. The number of ether oxygens (including phenoxy) is 1. The first-order chi connectivity index (χ1) is 16.7. The van der Waals surface area contributed by atoms with E-state index in [1.165, 1.54) is 6.07 Å². The molecule has 0 radical (unpaired) electrons. The van der Waals surface area contributed by atoms with Crippen molar-refractivity contribution >= 4 is 39.6 Å². The van der Waals surface area contributed by atoms with E-state index in [2.05, 4.69) is 38.7 Å². The Hall–Kier alpha value is -3.65. The number of fused-ring (bicyclic) bond motifs is 3. The van der Waals surface area contributed by atoms with Crippen LogP contribution in [0.4, 0.5) is 10.5 Å². The van der Waals surface area contributed by atoms with Gasteiger partial charge in [-0.15, -0.1) is 0 Å². The Bertz CT molecular complexity index is 1240. The van der Waals surface area contributed by atoms with Crippen LogP contribution in [0.25, 0.3) is 11.1 Å². The van der Waals surface area contributed by atoms with Crippen molar-refractivity contribution in [3.05, 3.63) is 87.9 Å². The van der Waals surface area contributed by atoms with Gasteiger partial charge in [-0.2, -0.15) is 0 Å². The minimum atomic E-state index is -1.11. The number of hydrogen-bond donors (Lipinski definition) is 3. The fourth-order valence-corrected chi connectivity index (χ4v) is 4.78. The highest BCUT2D eigenvalue weighted by Crippen LogP contribution is 2.44. The summed E-state index contributed by atoms with van der Waals surface area (Å²) in [6.07, 6.45) is -0.651. The summed E-state index contributed by atoms with van der Waals surface area (Å²) >= 11 is 3.34. The molecular weight excluding hydrogens is 512 g/mol. The van der Waals surface area contributed by atoms with E-state index >= 15 is 0 Å². The lowest BCUT2D eigenvalue weighted by molar-refractivity contribution is -0.140. The zero-order valence-electron chi connectivity index (χ0n) is 19.2. The van der Waals surface area contributed by atoms with Crippen molar-refractivity contribution in [3.8, 4) is 11.1 Å². The predicted molar refractivity (Wildman–Crippen MR) is 137 cm³/mol. The maximum atomic E-state index is 12.6. The molecule has 3 aromatic rings. The molecule has 0 bridgehead atoms. The molecule has 1 atom stereocenters. The van der Waals surface area contributed by atoms with E-state index in [0.717, 1.165) is 22.3 Å². The molecule has 1 unspecified atom stereocenters. The van der Waals surface area contributed by atoms with Crippen molar-refractivity contribution in [3.63, 3.8) is 0 Å². The number of hydrogen-bond acceptors (Lipinski definition) is 4. The van der Waals surface area contributed by atoms with E-state index in [9.17, 15) is 19.5 Å². The highest BCUT2D eigenvalue weighted by atomic mass is 79.9. The molecule has 7 nitrogen and oxygen atoms in total. The summed E-state index contributed by atoms with van der Waals surface area (Å²) in [5.41, 5.74) is 5.06. The van der Waals surface area contributed by atoms with Gasteiger partial charge in [0.2, 0.25) is 0 Å². The van der Waals surface area contributed by atoms with Crippen molar-refractivity contribution < 1.29 is 24.2 Å². The summed E-state index contributed by atoms with van der Waals surface area (Å²) in [4.78, 5) is 36.7. The number of benzene rings is 3. The average Bonchev–Trinajstić information content (AvgIpc) is 3.14. The molecule has 8 heteroatoms. The van der Waals surface area contributed by atoms with Gasteiger partial charge < -0.3 is 15.2 Å². The van der Waals surface area contributed by atoms with Gasteiger partial charge >= 0.3 is 12.1 Å². The van der Waals surface area contributed by atoms with E-state index in [-0.39, 0.29) is 24.0 Å². The Kier molecular flexibility index (Phi) is 7.21.